The zero-order valence-corrected chi connectivity index (χ0v) is 5.60. The van der Waals surface area contributed by atoms with Gasteiger partial charge in [0.25, 0.3) is 0 Å². The average molecular weight is 170 g/mol. The third-order valence-electron chi connectivity index (χ3n) is 1.10. The Morgan fingerprint density at radius 2 is 2.18 bits per heavy atom. The molecule has 0 aromatic heterocycles. The Hall–Kier alpha value is -0.330. The standard InChI is InChI=1S/C5H7F3NO2/c6-5(7,8)11-4-3-9-1-2-10-4/h4H,1-3H2. The molecule has 1 rings (SSSR count). The molecule has 0 bridgehead atoms. The van der Waals surface area contributed by atoms with Crippen LogP contribution in [0.25, 0.3) is 0 Å². The summed E-state index contributed by atoms with van der Waals surface area (Å²) in [7, 11) is 0. The maximum atomic E-state index is 11.5. The fourth-order valence-electron chi connectivity index (χ4n) is 0.718. The molecular weight excluding hydrogens is 163 g/mol. The Balaban J connectivity index is 2.24. The normalized spacial score (nSPS) is 27.0. The minimum atomic E-state index is -4.63. The molecule has 0 amide bonds. The molecule has 1 fully saturated rings. The summed E-state index contributed by atoms with van der Waals surface area (Å²) in [5.41, 5.74) is 0. The van der Waals surface area contributed by atoms with E-state index < -0.39 is 12.7 Å². The van der Waals surface area contributed by atoms with Gasteiger partial charge in [-0.15, -0.1) is 13.2 Å². The van der Waals surface area contributed by atoms with Crippen molar-refractivity contribution >= 4 is 0 Å². The van der Waals surface area contributed by atoms with Crippen molar-refractivity contribution in [1.82, 2.24) is 5.32 Å². The average Bonchev–Trinajstić information content (AvgIpc) is 1.85. The van der Waals surface area contributed by atoms with Crippen LogP contribution in [0.1, 0.15) is 0 Å². The van der Waals surface area contributed by atoms with E-state index in [1.807, 2.05) is 0 Å². The summed E-state index contributed by atoms with van der Waals surface area (Å²) in [4.78, 5) is 0. The molecule has 11 heavy (non-hydrogen) atoms. The van der Waals surface area contributed by atoms with Crippen LogP contribution < -0.4 is 5.32 Å². The van der Waals surface area contributed by atoms with E-state index in [0.717, 1.165) is 0 Å². The Morgan fingerprint density at radius 3 is 2.64 bits per heavy atom. The highest BCUT2D eigenvalue weighted by Gasteiger charge is 2.34. The SMILES string of the molecule is FC(F)(F)OC1C[N]CCO1. The van der Waals surface area contributed by atoms with Gasteiger partial charge in [0.1, 0.15) is 0 Å². The molecule has 6 heteroatoms. The number of rotatable bonds is 1. The van der Waals surface area contributed by atoms with E-state index in [4.69, 9.17) is 0 Å². The van der Waals surface area contributed by atoms with E-state index in [0.29, 0.717) is 6.54 Å². The molecule has 0 N–H and O–H groups in total. The van der Waals surface area contributed by atoms with Crippen molar-refractivity contribution in [3.63, 3.8) is 0 Å². The van der Waals surface area contributed by atoms with Gasteiger partial charge in [-0.2, -0.15) is 0 Å². The van der Waals surface area contributed by atoms with Gasteiger partial charge in [-0.05, 0) is 0 Å². The van der Waals surface area contributed by atoms with Crippen molar-refractivity contribution in [3.8, 4) is 0 Å². The first-order valence-electron chi connectivity index (χ1n) is 3.07. The Bertz CT molecular complexity index is 121. The predicted molar refractivity (Wildman–Crippen MR) is 28.7 cm³/mol. The highest BCUT2D eigenvalue weighted by atomic mass is 19.4. The molecule has 1 atom stereocenters. The number of halogens is 3. The van der Waals surface area contributed by atoms with Crippen molar-refractivity contribution in [1.29, 1.82) is 0 Å². The van der Waals surface area contributed by atoms with Crippen LogP contribution in [-0.2, 0) is 9.47 Å². The lowest BCUT2D eigenvalue weighted by Gasteiger charge is -2.23. The minimum Gasteiger partial charge on any atom is -0.349 e. The summed E-state index contributed by atoms with van der Waals surface area (Å²) in [6, 6.07) is 0. The lowest BCUT2D eigenvalue weighted by molar-refractivity contribution is -0.380. The maximum absolute atomic E-state index is 11.5. The Morgan fingerprint density at radius 1 is 1.45 bits per heavy atom. The highest BCUT2D eigenvalue weighted by Crippen LogP contribution is 2.19. The van der Waals surface area contributed by atoms with E-state index in [-0.39, 0.29) is 13.2 Å². The molecule has 1 aliphatic rings. The van der Waals surface area contributed by atoms with Gasteiger partial charge in [0, 0.05) is 6.54 Å². The third-order valence-corrected chi connectivity index (χ3v) is 1.10. The van der Waals surface area contributed by atoms with E-state index in [1.165, 1.54) is 0 Å². The Kier molecular flexibility index (Phi) is 2.69. The number of hydrogen-bond donors (Lipinski definition) is 0. The van der Waals surface area contributed by atoms with Crippen LogP contribution in [-0.4, -0.2) is 32.3 Å². The van der Waals surface area contributed by atoms with Crippen molar-refractivity contribution in [2.45, 2.75) is 12.7 Å². The molecule has 0 spiro atoms. The predicted octanol–water partition coefficient (Wildman–Crippen LogP) is 0.483. The number of hydrogen-bond acceptors (Lipinski definition) is 2. The van der Waals surface area contributed by atoms with Crippen molar-refractivity contribution < 1.29 is 22.6 Å². The number of ether oxygens (including phenoxy) is 2. The van der Waals surface area contributed by atoms with Crippen LogP contribution in [0.15, 0.2) is 0 Å². The molecule has 3 nitrogen and oxygen atoms in total. The molecule has 0 saturated carbocycles. The van der Waals surface area contributed by atoms with E-state index >= 15 is 0 Å². The third kappa shape index (κ3) is 3.54. The van der Waals surface area contributed by atoms with E-state index in [9.17, 15) is 13.2 Å². The number of morpholine rings is 1. The fourth-order valence-corrected chi connectivity index (χ4v) is 0.718. The summed E-state index contributed by atoms with van der Waals surface area (Å²) < 4.78 is 42.7. The lowest BCUT2D eigenvalue weighted by atomic mass is 10.5. The van der Waals surface area contributed by atoms with Crippen LogP contribution in [0.3, 0.4) is 0 Å². The second-order valence-electron chi connectivity index (χ2n) is 1.99. The van der Waals surface area contributed by atoms with Crippen LogP contribution in [0, 0.1) is 0 Å². The second-order valence-corrected chi connectivity index (χ2v) is 1.99. The largest absolute Gasteiger partial charge is 0.524 e. The van der Waals surface area contributed by atoms with Gasteiger partial charge < -0.3 is 4.74 Å². The molecular formula is C5H7F3NO2. The molecule has 0 aromatic carbocycles. The maximum Gasteiger partial charge on any atom is 0.524 e. The number of nitrogens with zero attached hydrogens (tertiary/aromatic N) is 1. The summed E-state index contributed by atoms with van der Waals surface area (Å²) in [5, 5.41) is 3.69. The topological polar surface area (TPSA) is 32.6 Å². The molecule has 1 aliphatic heterocycles. The van der Waals surface area contributed by atoms with Crippen LogP contribution in [0.5, 0.6) is 0 Å². The molecule has 1 heterocycles. The monoisotopic (exact) mass is 170 g/mol. The van der Waals surface area contributed by atoms with Gasteiger partial charge in [0.2, 0.25) is 0 Å². The van der Waals surface area contributed by atoms with Crippen molar-refractivity contribution in [3.05, 3.63) is 0 Å². The summed E-state index contributed by atoms with van der Waals surface area (Å²) in [5.74, 6) is 0. The van der Waals surface area contributed by atoms with E-state index in [1.54, 1.807) is 0 Å². The Labute approximate surface area is 61.5 Å². The summed E-state index contributed by atoms with van der Waals surface area (Å²) in [6.45, 7) is 0.595. The van der Waals surface area contributed by atoms with Crippen LogP contribution >= 0.6 is 0 Å². The molecule has 1 radical (unpaired) electrons. The summed E-state index contributed by atoms with van der Waals surface area (Å²) in [6.07, 6.45) is -5.87. The molecule has 65 valence electrons. The first kappa shape index (κ1) is 8.76. The second kappa shape index (κ2) is 3.38. The fraction of sp³-hybridized carbons (Fsp3) is 1.00. The van der Waals surface area contributed by atoms with Crippen molar-refractivity contribution in [2.75, 3.05) is 19.7 Å². The van der Waals surface area contributed by atoms with Gasteiger partial charge in [-0.3, -0.25) is 4.74 Å². The molecule has 0 aliphatic carbocycles. The number of alkyl halides is 3. The van der Waals surface area contributed by atoms with E-state index in [2.05, 4.69) is 14.8 Å². The zero-order chi connectivity index (χ0) is 8.32. The van der Waals surface area contributed by atoms with Gasteiger partial charge in [0.05, 0.1) is 13.2 Å². The minimum absolute atomic E-state index is 0.0422. The first-order chi connectivity index (χ1) is 5.08. The van der Waals surface area contributed by atoms with Gasteiger partial charge in [0.15, 0.2) is 6.29 Å². The zero-order valence-electron chi connectivity index (χ0n) is 5.60. The van der Waals surface area contributed by atoms with Gasteiger partial charge >= 0.3 is 6.36 Å². The van der Waals surface area contributed by atoms with Crippen LogP contribution in [0.4, 0.5) is 13.2 Å². The molecule has 1 unspecified atom stereocenters. The van der Waals surface area contributed by atoms with Crippen molar-refractivity contribution in [2.24, 2.45) is 0 Å². The van der Waals surface area contributed by atoms with Crippen LogP contribution in [0.2, 0.25) is 0 Å². The highest BCUT2D eigenvalue weighted by molar-refractivity contribution is 4.57. The molecule has 0 aromatic rings. The lowest BCUT2D eigenvalue weighted by Crippen LogP contribution is -2.39. The quantitative estimate of drug-likeness (QED) is 0.573. The first-order valence-corrected chi connectivity index (χ1v) is 3.07. The summed E-state index contributed by atoms with van der Waals surface area (Å²) >= 11 is 0. The van der Waals surface area contributed by atoms with Gasteiger partial charge in [-0.1, -0.05) is 0 Å². The molecule has 1 saturated heterocycles. The smallest absolute Gasteiger partial charge is 0.349 e. The van der Waals surface area contributed by atoms with Gasteiger partial charge in [-0.25, -0.2) is 5.32 Å².